The summed E-state index contributed by atoms with van der Waals surface area (Å²) >= 11 is 0. The average Bonchev–Trinajstić information content (AvgIpc) is 1.81. The van der Waals surface area contributed by atoms with Crippen LogP contribution in [0.2, 0.25) is 0 Å². The number of hydrogen-bond donors (Lipinski definition) is 2. The number of carbonyl (C=O) groups is 1. The van der Waals surface area contributed by atoms with E-state index in [1.165, 1.54) is 0 Å². The zero-order valence-electron chi connectivity index (χ0n) is 7.68. The van der Waals surface area contributed by atoms with Gasteiger partial charge in [-0.2, -0.15) is 0 Å². The Labute approximate surface area is 72.7 Å². The third-order valence-electron chi connectivity index (χ3n) is 2.98. The highest BCUT2D eigenvalue weighted by Crippen LogP contribution is 2.58. The van der Waals surface area contributed by atoms with Gasteiger partial charge in [0.1, 0.15) is 0 Å². The molecule has 3 fully saturated rings. The van der Waals surface area contributed by atoms with Crippen LogP contribution in [0.15, 0.2) is 0 Å². The van der Waals surface area contributed by atoms with Crippen LogP contribution in [-0.2, 0) is 4.79 Å². The van der Waals surface area contributed by atoms with Crippen LogP contribution in [0.25, 0.3) is 0 Å². The van der Waals surface area contributed by atoms with Gasteiger partial charge in [-0.1, -0.05) is 13.8 Å². The van der Waals surface area contributed by atoms with Gasteiger partial charge in [0.05, 0.1) is 0 Å². The Bertz CT molecular complexity index is 215. The van der Waals surface area contributed by atoms with Gasteiger partial charge in [0.15, 0.2) is 0 Å². The Kier molecular flexibility index (Phi) is 1.35. The molecule has 3 aliphatic carbocycles. The first-order chi connectivity index (χ1) is 5.45. The number of nitrogens with one attached hydrogen (secondary N) is 1. The Balaban J connectivity index is 1.86. The SMILES string of the molecule is CC(C)C(=O)NC12CC(N)(C1)C2. The van der Waals surface area contributed by atoms with Crippen LogP contribution in [0, 0.1) is 5.92 Å². The summed E-state index contributed by atoms with van der Waals surface area (Å²) in [5.41, 5.74) is 6.07. The third-order valence-corrected chi connectivity index (χ3v) is 2.98. The van der Waals surface area contributed by atoms with Gasteiger partial charge in [0, 0.05) is 17.0 Å². The monoisotopic (exact) mass is 168 g/mol. The molecule has 0 radical (unpaired) electrons. The minimum Gasteiger partial charge on any atom is -0.350 e. The van der Waals surface area contributed by atoms with E-state index in [1.54, 1.807) is 0 Å². The van der Waals surface area contributed by atoms with E-state index in [1.807, 2.05) is 13.8 Å². The number of amides is 1. The number of rotatable bonds is 2. The molecule has 68 valence electrons. The molecule has 0 aromatic heterocycles. The molecule has 0 atom stereocenters. The fourth-order valence-electron chi connectivity index (χ4n) is 2.40. The molecule has 3 rings (SSSR count). The van der Waals surface area contributed by atoms with E-state index in [9.17, 15) is 4.79 Å². The Morgan fingerprint density at radius 3 is 2.25 bits per heavy atom. The zero-order chi connectivity index (χ0) is 8.98. The standard InChI is InChI=1S/C9H16N2O/c1-6(2)7(12)11-9-3-8(10,4-9)5-9/h6H,3-5,10H2,1-2H3,(H,11,12). The summed E-state index contributed by atoms with van der Waals surface area (Å²) in [6, 6.07) is 0. The zero-order valence-corrected chi connectivity index (χ0v) is 7.68. The summed E-state index contributed by atoms with van der Waals surface area (Å²) in [6.45, 7) is 3.83. The smallest absolute Gasteiger partial charge is 0.222 e. The molecule has 3 N–H and O–H groups in total. The van der Waals surface area contributed by atoms with Gasteiger partial charge in [-0.3, -0.25) is 4.79 Å². The third kappa shape index (κ3) is 0.959. The fraction of sp³-hybridized carbons (Fsp3) is 0.889. The van der Waals surface area contributed by atoms with Crippen LogP contribution in [0.3, 0.4) is 0 Å². The molecule has 0 aromatic rings. The summed E-state index contributed by atoms with van der Waals surface area (Å²) < 4.78 is 0. The Morgan fingerprint density at radius 1 is 1.42 bits per heavy atom. The molecule has 0 aliphatic heterocycles. The van der Waals surface area contributed by atoms with E-state index < -0.39 is 0 Å². The van der Waals surface area contributed by atoms with E-state index >= 15 is 0 Å². The van der Waals surface area contributed by atoms with Gasteiger partial charge in [-0.25, -0.2) is 0 Å². The van der Waals surface area contributed by atoms with Crippen molar-refractivity contribution in [2.45, 2.75) is 44.2 Å². The molecular weight excluding hydrogens is 152 g/mol. The van der Waals surface area contributed by atoms with E-state index in [4.69, 9.17) is 5.73 Å². The van der Waals surface area contributed by atoms with Gasteiger partial charge in [0.25, 0.3) is 0 Å². The van der Waals surface area contributed by atoms with Crippen LogP contribution in [0.4, 0.5) is 0 Å². The first-order valence-electron chi connectivity index (χ1n) is 4.56. The maximum atomic E-state index is 11.3. The number of carbonyl (C=O) groups excluding carboxylic acids is 1. The van der Waals surface area contributed by atoms with Gasteiger partial charge < -0.3 is 11.1 Å². The van der Waals surface area contributed by atoms with Crippen LogP contribution in [0.1, 0.15) is 33.1 Å². The van der Waals surface area contributed by atoms with E-state index in [0.29, 0.717) is 0 Å². The molecule has 0 unspecified atom stereocenters. The lowest BCUT2D eigenvalue weighted by molar-refractivity contribution is -0.138. The highest BCUT2D eigenvalue weighted by Gasteiger charge is 2.66. The van der Waals surface area contributed by atoms with Crippen LogP contribution in [-0.4, -0.2) is 17.0 Å². The van der Waals surface area contributed by atoms with Crippen molar-refractivity contribution in [2.24, 2.45) is 11.7 Å². The molecule has 3 nitrogen and oxygen atoms in total. The van der Waals surface area contributed by atoms with Crippen molar-refractivity contribution >= 4 is 5.91 Å². The molecule has 3 aliphatic rings. The van der Waals surface area contributed by atoms with Crippen molar-refractivity contribution in [3.63, 3.8) is 0 Å². The molecule has 1 amide bonds. The maximum Gasteiger partial charge on any atom is 0.222 e. The molecule has 12 heavy (non-hydrogen) atoms. The van der Waals surface area contributed by atoms with E-state index in [2.05, 4.69) is 5.32 Å². The van der Waals surface area contributed by atoms with Crippen LogP contribution < -0.4 is 11.1 Å². The quantitative estimate of drug-likeness (QED) is 0.626. The van der Waals surface area contributed by atoms with Crippen LogP contribution in [0.5, 0.6) is 0 Å². The Morgan fingerprint density at radius 2 is 1.92 bits per heavy atom. The van der Waals surface area contributed by atoms with E-state index in [0.717, 1.165) is 19.3 Å². The summed E-state index contributed by atoms with van der Waals surface area (Å²) in [4.78, 5) is 11.3. The van der Waals surface area contributed by atoms with Crippen molar-refractivity contribution < 1.29 is 4.79 Å². The number of nitrogens with two attached hydrogens (primary N) is 1. The molecule has 0 aromatic carbocycles. The van der Waals surface area contributed by atoms with Crippen molar-refractivity contribution in [1.29, 1.82) is 0 Å². The first kappa shape index (κ1) is 8.05. The minimum absolute atomic E-state index is 0.0876. The van der Waals surface area contributed by atoms with Crippen molar-refractivity contribution in [2.75, 3.05) is 0 Å². The average molecular weight is 168 g/mol. The largest absolute Gasteiger partial charge is 0.350 e. The van der Waals surface area contributed by atoms with Crippen molar-refractivity contribution in [3.8, 4) is 0 Å². The lowest BCUT2D eigenvalue weighted by Crippen LogP contribution is -2.82. The van der Waals surface area contributed by atoms with Gasteiger partial charge >= 0.3 is 0 Å². The van der Waals surface area contributed by atoms with Crippen LogP contribution >= 0.6 is 0 Å². The predicted molar refractivity (Wildman–Crippen MR) is 46.5 cm³/mol. The first-order valence-corrected chi connectivity index (χ1v) is 4.56. The van der Waals surface area contributed by atoms with Gasteiger partial charge in [-0.05, 0) is 19.3 Å². The van der Waals surface area contributed by atoms with Crippen molar-refractivity contribution in [3.05, 3.63) is 0 Å². The molecule has 0 saturated heterocycles. The second-order valence-corrected chi connectivity index (χ2v) is 4.82. The van der Waals surface area contributed by atoms with Gasteiger partial charge in [-0.15, -0.1) is 0 Å². The molecular formula is C9H16N2O. The second-order valence-electron chi connectivity index (χ2n) is 4.82. The topological polar surface area (TPSA) is 55.1 Å². The molecule has 3 heteroatoms. The minimum atomic E-state index is 0.0876. The maximum absolute atomic E-state index is 11.3. The Hall–Kier alpha value is -0.570. The summed E-state index contributed by atoms with van der Waals surface area (Å²) in [5, 5.41) is 3.06. The highest BCUT2D eigenvalue weighted by atomic mass is 16.2. The number of hydrogen-bond acceptors (Lipinski definition) is 2. The van der Waals surface area contributed by atoms with Gasteiger partial charge in [0.2, 0.25) is 5.91 Å². The fourth-order valence-corrected chi connectivity index (χ4v) is 2.40. The molecule has 3 saturated carbocycles. The normalized spacial score (nSPS) is 43.3. The lowest BCUT2D eigenvalue weighted by Gasteiger charge is -2.69. The molecule has 0 spiro atoms. The van der Waals surface area contributed by atoms with Crippen molar-refractivity contribution in [1.82, 2.24) is 5.32 Å². The second kappa shape index (κ2) is 2.02. The van der Waals surface area contributed by atoms with E-state index in [-0.39, 0.29) is 22.9 Å². The lowest BCUT2D eigenvalue weighted by atomic mass is 9.44. The molecule has 2 bridgehead atoms. The summed E-state index contributed by atoms with van der Waals surface area (Å²) in [6.07, 6.45) is 2.95. The summed E-state index contributed by atoms with van der Waals surface area (Å²) in [5.74, 6) is 0.254. The highest BCUT2D eigenvalue weighted by molar-refractivity contribution is 5.79. The summed E-state index contributed by atoms with van der Waals surface area (Å²) in [7, 11) is 0. The molecule has 0 heterocycles. The predicted octanol–water partition coefficient (Wildman–Crippen LogP) is 0.392.